The lowest BCUT2D eigenvalue weighted by Crippen LogP contribution is -2.16. The van der Waals surface area contributed by atoms with Gasteiger partial charge in [-0.3, -0.25) is 0 Å². The second-order valence-electron chi connectivity index (χ2n) is 4.10. The SMILES string of the molecule is C=C/C(O)=C(\C(=O)OCC)C(CC)c1ccccc1. The number of rotatable bonds is 6. The Hall–Kier alpha value is -2.03. The molecule has 1 aromatic carbocycles. The third-order valence-electron chi connectivity index (χ3n) is 2.92. The van der Waals surface area contributed by atoms with Crippen molar-refractivity contribution in [1.82, 2.24) is 0 Å². The summed E-state index contributed by atoms with van der Waals surface area (Å²) in [4.78, 5) is 12.0. The summed E-state index contributed by atoms with van der Waals surface area (Å²) < 4.78 is 5.03. The van der Waals surface area contributed by atoms with E-state index in [4.69, 9.17) is 4.74 Å². The second kappa shape index (κ2) is 7.41. The largest absolute Gasteiger partial charge is 0.507 e. The number of carbonyl (C=O) groups excluding carboxylic acids is 1. The maximum atomic E-state index is 12.0. The Morgan fingerprint density at radius 1 is 1.37 bits per heavy atom. The predicted molar refractivity (Wildman–Crippen MR) is 76.0 cm³/mol. The van der Waals surface area contributed by atoms with E-state index in [-0.39, 0.29) is 23.9 Å². The molecule has 102 valence electrons. The number of aliphatic hydroxyl groups is 1. The Morgan fingerprint density at radius 2 is 2.00 bits per heavy atom. The van der Waals surface area contributed by atoms with Gasteiger partial charge in [0.2, 0.25) is 0 Å². The molecule has 0 amide bonds. The van der Waals surface area contributed by atoms with Gasteiger partial charge in [-0.25, -0.2) is 4.79 Å². The summed E-state index contributed by atoms with van der Waals surface area (Å²) in [5.41, 5.74) is 1.24. The molecular weight excluding hydrogens is 240 g/mol. The number of esters is 1. The van der Waals surface area contributed by atoms with Gasteiger partial charge in [-0.05, 0) is 25.0 Å². The fraction of sp³-hybridized carbons (Fsp3) is 0.312. The smallest absolute Gasteiger partial charge is 0.338 e. The monoisotopic (exact) mass is 260 g/mol. The molecule has 0 radical (unpaired) electrons. The molecule has 1 atom stereocenters. The molecule has 0 fully saturated rings. The van der Waals surface area contributed by atoms with Crippen LogP contribution in [0.2, 0.25) is 0 Å². The van der Waals surface area contributed by atoms with Gasteiger partial charge in [-0.2, -0.15) is 0 Å². The zero-order valence-corrected chi connectivity index (χ0v) is 11.4. The Kier molecular flexibility index (Phi) is 5.86. The van der Waals surface area contributed by atoms with Crippen molar-refractivity contribution in [2.24, 2.45) is 0 Å². The minimum atomic E-state index is -0.490. The third kappa shape index (κ3) is 3.71. The highest BCUT2D eigenvalue weighted by Crippen LogP contribution is 2.30. The van der Waals surface area contributed by atoms with Crippen molar-refractivity contribution in [3.63, 3.8) is 0 Å². The van der Waals surface area contributed by atoms with Gasteiger partial charge in [0.05, 0.1) is 12.2 Å². The van der Waals surface area contributed by atoms with Gasteiger partial charge in [0.15, 0.2) is 0 Å². The average Bonchev–Trinajstić information content (AvgIpc) is 2.44. The Labute approximate surface area is 114 Å². The molecule has 0 aromatic heterocycles. The topological polar surface area (TPSA) is 46.5 Å². The van der Waals surface area contributed by atoms with Crippen molar-refractivity contribution < 1.29 is 14.6 Å². The van der Waals surface area contributed by atoms with E-state index >= 15 is 0 Å². The van der Waals surface area contributed by atoms with Crippen molar-refractivity contribution in [2.45, 2.75) is 26.2 Å². The molecule has 3 nitrogen and oxygen atoms in total. The van der Waals surface area contributed by atoms with Gasteiger partial charge < -0.3 is 9.84 Å². The van der Waals surface area contributed by atoms with Crippen LogP contribution in [0.1, 0.15) is 31.7 Å². The molecule has 0 spiro atoms. The molecule has 1 N–H and O–H groups in total. The van der Waals surface area contributed by atoms with Crippen molar-refractivity contribution in [1.29, 1.82) is 0 Å². The van der Waals surface area contributed by atoms with Crippen LogP contribution in [-0.2, 0) is 9.53 Å². The standard InChI is InChI=1S/C16H20O3/c1-4-13(12-10-8-7-9-11-12)15(14(17)5-2)16(18)19-6-3/h5,7-11,13,17H,2,4,6H2,1,3H3/b15-14+. The molecule has 3 heteroatoms. The summed E-state index contributed by atoms with van der Waals surface area (Å²) >= 11 is 0. The molecule has 0 bridgehead atoms. The number of benzene rings is 1. The lowest BCUT2D eigenvalue weighted by atomic mass is 9.88. The van der Waals surface area contributed by atoms with E-state index < -0.39 is 5.97 Å². The van der Waals surface area contributed by atoms with E-state index in [1.807, 2.05) is 37.3 Å². The molecule has 1 aromatic rings. The van der Waals surface area contributed by atoms with E-state index in [2.05, 4.69) is 6.58 Å². The summed E-state index contributed by atoms with van der Waals surface area (Å²) in [6.07, 6.45) is 1.97. The van der Waals surface area contributed by atoms with Gasteiger partial charge in [0.1, 0.15) is 5.76 Å². The number of hydrogen-bond donors (Lipinski definition) is 1. The number of aliphatic hydroxyl groups excluding tert-OH is 1. The molecular formula is C16H20O3. The van der Waals surface area contributed by atoms with Crippen LogP contribution in [0.4, 0.5) is 0 Å². The van der Waals surface area contributed by atoms with Gasteiger partial charge in [0.25, 0.3) is 0 Å². The fourth-order valence-electron chi connectivity index (χ4n) is 2.04. The Morgan fingerprint density at radius 3 is 2.47 bits per heavy atom. The summed E-state index contributed by atoms with van der Waals surface area (Å²) in [6.45, 7) is 7.50. The van der Waals surface area contributed by atoms with Crippen LogP contribution in [0, 0.1) is 0 Å². The molecule has 1 unspecified atom stereocenters. The average molecular weight is 260 g/mol. The van der Waals surface area contributed by atoms with Crippen LogP contribution < -0.4 is 0 Å². The summed E-state index contributed by atoms with van der Waals surface area (Å²) in [5, 5.41) is 9.94. The maximum Gasteiger partial charge on any atom is 0.338 e. The molecule has 0 aliphatic rings. The highest BCUT2D eigenvalue weighted by molar-refractivity contribution is 5.91. The van der Waals surface area contributed by atoms with Gasteiger partial charge >= 0.3 is 5.97 Å². The van der Waals surface area contributed by atoms with Crippen molar-refractivity contribution >= 4 is 5.97 Å². The first-order valence-corrected chi connectivity index (χ1v) is 6.43. The number of allylic oxidation sites excluding steroid dienone is 1. The Bertz CT molecular complexity index is 460. The molecule has 0 aliphatic carbocycles. The van der Waals surface area contributed by atoms with Crippen LogP contribution in [0.25, 0.3) is 0 Å². The first kappa shape index (κ1) is 15.0. The minimum absolute atomic E-state index is 0.117. The van der Waals surface area contributed by atoms with Crippen molar-refractivity contribution in [3.05, 3.63) is 59.9 Å². The lowest BCUT2D eigenvalue weighted by Gasteiger charge is -2.19. The van der Waals surface area contributed by atoms with Gasteiger partial charge in [-0.1, -0.05) is 43.8 Å². The van der Waals surface area contributed by atoms with E-state index in [9.17, 15) is 9.90 Å². The molecule has 1 rings (SSSR count). The normalized spacial score (nSPS) is 13.4. The molecule has 0 heterocycles. The van der Waals surface area contributed by atoms with Crippen LogP contribution in [0.15, 0.2) is 54.3 Å². The first-order valence-electron chi connectivity index (χ1n) is 6.43. The predicted octanol–water partition coefficient (Wildman–Crippen LogP) is 3.74. The van der Waals surface area contributed by atoms with Crippen molar-refractivity contribution in [2.75, 3.05) is 6.61 Å². The van der Waals surface area contributed by atoms with Crippen LogP contribution in [0.3, 0.4) is 0 Å². The first-order chi connectivity index (χ1) is 9.15. The fourth-order valence-corrected chi connectivity index (χ4v) is 2.04. The van der Waals surface area contributed by atoms with E-state index in [1.54, 1.807) is 6.92 Å². The Balaban J connectivity index is 3.23. The van der Waals surface area contributed by atoms with Crippen LogP contribution in [-0.4, -0.2) is 17.7 Å². The zero-order chi connectivity index (χ0) is 14.3. The van der Waals surface area contributed by atoms with Gasteiger partial charge in [0, 0.05) is 5.92 Å². The quantitative estimate of drug-likeness (QED) is 0.367. The number of carbonyl (C=O) groups is 1. The number of hydrogen-bond acceptors (Lipinski definition) is 3. The highest BCUT2D eigenvalue weighted by atomic mass is 16.5. The van der Waals surface area contributed by atoms with E-state index in [0.29, 0.717) is 6.42 Å². The van der Waals surface area contributed by atoms with Crippen molar-refractivity contribution in [3.8, 4) is 0 Å². The van der Waals surface area contributed by atoms with Crippen LogP contribution in [0.5, 0.6) is 0 Å². The highest BCUT2D eigenvalue weighted by Gasteiger charge is 2.25. The van der Waals surface area contributed by atoms with E-state index in [1.165, 1.54) is 6.08 Å². The number of ether oxygens (including phenoxy) is 1. The van der Waals surface area contributed by atoms with E-state index in [0.717, 1.165) is 5.56 Å². The van der Waals surface area contributed by atoms with Gasteiger partial charge in [-0.15, -0.1) is 0 Å². The summed E-state index contributed by atoms with van der Waals surface area (Å²) in [5.74, 6) is -0.803. The zero-order valence-electron chi connectivity index (χ0n) is 11.4. The minimum Gasteiger partial charge on any atom is -0.507 e. The molecule has 19 heavy (non-hydrogen) atoms. The van der Waals surface area contributed by atoms with Crippen LogP contribution >= 0.6 is 0 Å². The second-order valence-corrected chi connectivity index (χ2v) is 4.10. The third-order valence-corrected chi connectivity index (χ3v) is 2.92. The molecule has 0 aliphatic heterocycles. The molecule has 0 saturated heterocycles. The lowest BCUT2D eigenvalue weighted by molar-refractivity contribution is -0.139. The molecule has 0 saturated carbocycles. The maximum absolute atomic E-state index is 12.0. The summed E-state index contributed by atoms with van der Waals surface area (Å²) in [7, 11) is 0. The summed E-state index contributed by atoms with van der Waals surface area (Å²) in [6, 6.07) is 9.60.